The predicted octanol–water partition coefficient (Wildman–Crippen LogP) is 2.46. The van der Waals surface area contributed by atoms with Gasteiger partial charge in [0.1, 0.15) is 0 Å². The first kappa shape index (κ1) is 13.2. The van der Waals surface area contributed by atoms with Crippen molar-refractivity contribution in [3.63, 3.8) is 0 Å². The highest BCUT2D eigenvalue weighted by Gasteiger charge is 2.19. The van der Waals surface area contributed by atoms with Gasteiger partial charge in [-0.2, -0.15) is 0 Å². The third kappa shape index (κ3) is 3.23. The predicted molar refractivity (Wildman–Crippen MR) is 82.1 cm³/mol. The molecular weight excluding hydrogens is 262 g/mol. The highest BCUT2D eigenvalue weighted by Crippen LogP contribution is 2.21. The molecule has 0 unspecified atom stereocenters. The number of Topliss-reactive ketones (excluding diaryl/α,β-unsaturated/α-hetero) is 1. The van der Waals surface area contributed by atoms with Gasteiger partial charge in [0.15, 0.2) is 5.78 Å². The molecule has 1 N–H and O–H groups in total. The van der Waals surface area contributed by atoms with Gasteiger partial charge in [-0.15, -0.1) is 0 Å². The first-order valence-corrected chi connectivity index (χ1v) is 6.84. The molecule has 1 fully saturated rings. The Balaban J connectivity index is 1.99. The molecule has 0 saturated carbocycles. The molecule has 0 radical (unpaired) electrons. The van der Waals surface area contributed by atoms with Gasteiger partial charge in [0.25, 0.3) is 0 Å². The maximum absolute atomic E-state index is 12.2. The Hall–Kier alpha value is -2.75. The maximum atomic E-state index is 12.2. The number of hydrogen-bond acceptors (Lipinski definition) is 4. The van der Waals surface area contributed by atoms with Gasteiger partial charge in [-0.25, -0.2) is 0 Å². The summed E-state index contributed by atoms with van der Waals surface area (Å²) >= 11 is 0. The lowest BCUT2D eigenvalue weighted by molar-refractivity contribution is -0.115. The Kier molecular flexibility index (Phi) is 3.87. The number of pyridine rings is 2. The maximum Gasteiger partial charge on any atom is 0.166 e. The third-order valence-electron chi connectivity index (χ3n) is 3.25. The summed E-state index contributed by atoms with van der Waals surface area (Å²) in [6.07, 6.45) is 11.3. The fourth-order valence-electron chi connectivity index (χ4n) is 2.23. The van der Waals surface area contributed by atoms with Crippen molar-refractivity contribution in [2.75, 3.05) is 6.54 Å². The molecule has 21 heavy (non-hydrogen) atoms. The molecule has 0 spiro atoms. The van der Waals surface area contributed by atoms with Crippen molar-refractivity contribution in [2.45, 2.75) is 6.42 Å². The van der Waals surface area contributed by atoms with Crippen molar-refractivity contribution in [2.24, 2.45) is 0 Å². The van der Waals surface area contributed by atoms with E-state index in [-0.39, 0.29) is 5.78 Å². The van der Waals surface area contributed by atoms with Crippen LogP contribution < -0.4 is 5.32 Å². The molecule has 4 heteroatoms. The van der Waals surface area contributed by atoms with Gasteiger partial charge in [-0.05, 0) is 35.4 Å². The van der Waals surface area contributed by atoms with Gasteiger partial charge in [-0.1, -0.05) is 12.1 Å². The van der Waals surface area contributed by atoms with Crippen LogP contribution in [0.2, 0.25) is 0 Å². The molecule has 1 aliphatic rings. The summed E-state index contributed by atoms with van der Waals surface area (Å²) in [6.45, 7) is 0.662. The molecule has 2 aromatic rings. The molecule has 1 aliphatic heterocycles. The fourth-order valence-corrected chi connectivity index (χ4v) is 2.23. The lowest BCUT2D eigenvalue weighted by atomic mass is 9.97. The quantitative estimate of drug-likeness (QED) is 0.857. The van der Waals surface area contributed by atoms with Crippen molar-refractivity contribution in [3.05, 3.63) is 71.4 Å². The van der Waals surface area contributed by atoms with E-state index in [0.717, 1.165) is 16.8 Å². The number of hydrogen-bond donors (Lipinski definition) is 1. The van der Waals surface area contributed by atoms with E-state index in [4.69, 9.17) is 0 Å². The second-order valence-electron chi connectivity index (χ2n) is 4.79. The van der Waals surface area contributed by atoms with Crippen LogP contribution in [-0.2, 0) is 4.79 Å². The zero-order chi connectivity index (χ0) is 14.5. The van der Waals surface area contributed by atoms with E-state index in [0.29, 0.717) is 18.5 Å². The van der Waals surface area contributed by atoms with Crippen molar-refractivity contribution in [1.82, 2.24) is 15.3 Å². The molecule has 0 aromatic carbocycles. The smallest absolute Gasteiger partial charge is 0.166 e. The molecule has 3 heterocycles. The summed E-state index contributed by atoms with van der Waals surface area (Å²) < 4.78 is 0. The molecule has 0 aliphatic carbocycles. The highest BCUT2D eigenvalue weighted by atomic mass is 16.1. The lowest BCUT2D eigenvalue weighted by Gasteiger charge is -2.19. The van der Waals surface area contributed by atoms with Crippen molar-refractivity contribution in [1.29, 1.82) is 0 Å². The standard InChI is InChI=1S/C17H15N3O/c21-17-5-8-20-16(10-14-4-2-7-19-12-14)15(17)9-13-3-1-6-18-11-13/h1-4,6-7,9-12,20H,5,8H2. The highest BCUT2D eigenvalue weighted by molar-refractivity contribution is 6.05. The van der Waals surface area contributed by atoms with E-state index in [1.54, 1.807) is 24.8 Å². The number of carbonyl (C=O) groups excluding carboxylic acids is 1. The van der Waals surface area contributed by atoms with Crippen LogP contribution in [0.4, 0.5) is 0 Å². The van der Waals surface area contributed by atoms with Crippen LogP contribution in [0.5, 0.6) is 0 Å². The molecule has 0 bridgehead atoms. The van der Waals surface area contributed by atoms with Crippen LogP contribution in [0.3, 0.4) is 0 Å². The van der Waals surface area contributed by atoms with Gasteiger partial charge in [-0.3, -0.25) is 14.8 Å². The summed E-state index contributed by atoms with van der Waals surface area (Å²) in [5.41, 5.74) is 3.41. The topological polar surface area (TPSA) is 54.9 Å². The molecule has 2 aromatic heterocycles. The number of rotatable bonds is 2. The van der Waals surface area contributed by atoms with Crippen LogP contribution in [0.1, 0.15) is 17.5 Å². The Labute approximate surface area is 123 Å². The van der Waals surface area contributed by atoms with E-state index >= 15 is 0 Å². The summed E-state index contributed by atoms with van der Waals surface area (Å²) in [5, 5.41) is 3.29. The minimum absolute atomic E-state index is 0.146. The van der Waals surface area contributed by atoms with Gasteiger partial charge in [0.05, 0.1) is 0 Å². The van der Waals surface area contributed by atoms with Crippen LogP contribution in [0, 0.1) is 0 Å². The molecule has 3 rings (SSSR count). The molecule has 0 amide bonds. The third-order valence-corrected chi connectivity index (χ3v) is 3.25. The molecule has 104 valence electrons. The average Bonchev–Trinajstić information content (AvgIpc) is 2.53. The first-order valence-electron chi connectivity index (χ1n) is 6.84. The molecular formula is C17H15N3O. The number of carbonyl (C=O) groups is 1. The zero-order valence-corrected chi connectivity index (χ0v) is 11.5. The van der Waals surface area contributed by atoms with Crippen molar-refractivity contribution in [3.8, 4) is 0 Å². The summed E-state index contributed by atoms with van der Waals surface area (Å²) in [4.78, 5) is 20.4. The molecule has 0 atom stereocenters. The van der Waals surface area contributed by atoms with E-state index < -0.39 is 0 Å². The minimum atomic E-state index is 0.146. The number of piperidine rings is 1. The van der Waals surface area contributed by atoms with Crippen LogP contribution >= 0.6 is 0 Å². The fraction of sp³-hybridized carbons (Fsp3) is 0.118. The van der Waals surface area contributed by atoms with E-state index in [1.807, 2.05) is 36.4 Å². The van der Waals surface area contributed by atoms with Crippen molar-refractivity contribution >= 4 is 17.9 Å². The second-order valence-corrected chi connectivity index (χ2v) is 4.79. The van der Waals surface area contributed by atoms with Crippen LogP contribution in [0.15, 0.2) is 60.3 Å². The van der Waals surface area contributed by atoms with E-state index in [1.165, 1.54) is 0 Å². The van der Waals surface area contributed by atoms with Crippen LogP contribution in [-0.4, -0.2) is 22.3 Å². The zero-order valence-electron chi connectivity index (χ0n) is 11.5. The minimum Gasteiger partial charge on any atom is -0.384 e. The van der Waals surface area contributed by atoms with Gasteiger partial charge in [0.2, 0.25) is 0 Å². The molecule has 4 nitrogen and oxygen atoms in total. The Morgan fingerprint density at radius 3 is 2.29 bits per heavy atom. The Morgan fingerprint density at radius 1 is 1.00 bits per heavy atom. The Morgan fingerprint density at radius 2 is 1.67 bits per heavy atom. The summed E-state index contributed by atoms with van der Waals surface area (Å²) in [6, 6.07) is 7.63. The SMILES string of the molecule is O=C1CCNC(=Cc2cccnc2)C1=Cc1cccnc1. The number of nitrogens with zero attached hydrogens (tertiary/aromatic N) is 2. The lowest BCUT2D eigenvalue weighted by Crippen LogP contribution is -2.28. The van der Waals surface area contributed by atoms with Gasteiger partial charge < -0.3 is 5.32 Å². The summed E-state index contributed by atoms with van der Waals surface area (Å²) in [5.74, 6) is 0.146. The Bertz CT molecular complexity index is 690. The summed E-state index contributed by atoms with van der Waals surface area (Å²) in [7, 11) is 0. The van der Waals surface area contributed by atoms with Gasteiger partial charge >= 0.3 is 0 Å². The van der Waals surface area contributed by atoms with Crippen LogP contribution in [0.25, 0.3) is 12.2 Å². The van der Waals surface area contributed by atoms with E-state index in [2.05, 4.69) is 15.3 Å². The monoisotopic (exact) mass is 277 g/mol. The van der Waals surface area contributed by atoms with Gasteiger partial charge in [0, 0.05) is 49.0 Å². The first-order chi connectivity index (χ1) is 10.3. The molecule has 1 saturated heterocycles. The number of nitrogens with one attached hydrogen (secondary N) is 1. The van der Waals surface area contributed by atoms with Crippen molar-refractivity contribution < 1.29 is 4.79 Å². The number of ketones is 1. The number of allylic oxidation sites excluding steroid dienone is 1. The number of aromatic nitrogens is 2. The normalized spacial score (nSPS) is 18.8. The average molecular weight is 277 g/mol. The van der Waals surface area contributed by atoms with E-state index in [9.17, 15) is 4.79 Å². The largest absolute Gasteiger partial charge is 0.384 e. The second kappa shape index (κ2) is 6.13.